The molecular weight excluding hydrogens is 296 g/mol. The lowest BCUT2D eigenvalue weighted by Gasteiger charge is -2.38. The summed E-state index contributed by atoms with van der Waals surface area (Å²) in [6.45, 7) is 2.48. The highest BCUT2D eigenvalue weighted by atomic mass is 32.2. The van der Waals surface area contributed by atoms with Crippen LogP contribution < -0.4 is 5.32 Å². The summed E-state index contributed by atoms with van der Waals surface area (Å²) in [6.07, 6.45) is 2.77. The Morgan fingerprint density at radius 3 is 2.86 bits per heavy atom. The van der Waals surface area contributed by atoms with Gasteiger partial charge in [0.1, 0.15) is 5.54 Å². The molecule has 3 nitrogen and oxygen atoms in total. The molecule has 2 rings (SSSR count). The van der Waals surface area contributed by atoms with E-state index in [4.69, 9.17) is 0 Å². The van der Waals surface area contributed by atoms with Crippen molar-refractivity contribution in [1.82, 2.24) is 5.32 Å². The third kappa shape index (κ3) is 3.74. The molecule has 0 radical (unpaired) electrons. The van der Waals surface area contributed by atoms with Crippen molar-refractivity contribution in [2.24, 2.45) is 0 Å². The minimum Gasteiger partial charge on any atom is -0.480 e. The number of thioether (sulfide) groups is 1. The van der Waals surface area contributed by atoms with Crippen LogP contribution in [-0.2, 0) is 4.79 Å². The van der Waals surface area contributed by atoms with Crippen molar-refractivity contribution in [1.29, 1.82) is 0 Å². The van der Waals surface area contributed by atoms with Gasteiger partial charge in [-0.15, -0.1) is 11.8 Å². The van der Waals surface area contributed by atoms with Crippen LogP contribution >= 0.6 is 11.8 Å². The van der Waals surface area contributed by atoms with E-state index in [1.807, 2.05) is 6.92 Å². The maximum atomic E-state index is 13.2. The summed E-state index contributed by atoms with van der Waals surface area (Å²) in [5.41, 5.74) is -0.900. The second-order valence-electron chi connectivity index (χ2n) is 5.33. The van der Waals surface area contributed by atoms with Gasteiger partial charge in [-0.25, -0.2) is 8.78 Å². The maximum absolute atomic E-state index is 13.2. The monoisotopic (exact) mass is 315 g/mol. The van der Waals surface area contributed by atoms with E-state index in [2.05, 4.69) is 5.32 Å². The number of hydrogen-bond donors (Lipinski definition) is 2. The molecule has 1 saturated carbocycles. The Kier molecular flexibility index (Phi) is 5.22. The van der Waals surface area contributed by atoms with E-state index in [0.29, 0.717) is 24.3 Å². The topological polar surface area (TPSA) is 49.3 Å². The molecule has 2 atom stereocenters. The quantitative estimate of drug-likeness (QED) is 0.874. The summed E-state index contributed by atoms with van der Waals surface area (Å²) in [7, 11) is 0. The molecule has 0 amide bonds. The number of carbonyl (C=O) groups is 1. The summed E-state index contributed by atoms with van der Waals surface area (Å²) >= 11 is 1.42. The van der Waals surface area contributed by atoms with Gasteiger partial charge in [0.05, 0.1) is 0 Å². The molecule has 1 aromatic carbocycles. The SMILES string of the molecule is CCNC1(C(=O)O)CCCC(Sc2ccc(F)c(F)c2)C1. The Hall–Kier alpha value is -1.14. The fourth-order valence-electron chi connectivity index (χ4n) is 2.84. The Morgan fingerprint density at radius 2 is 2.24 bits per heavy atom. The van der Waals surface area contributed by atoms with Crippen LogP contribution in [0, 0.1) is 11.6 Å². The average Bonchev–Trinajstić information content (AvgIpc) is 2.43. The van der Waals surface area contributed by atoms with Crippen LogP contribution in [-0.4, -0.2) is 28.4 Å². The average molecular weight is 315 g/mol. The number of carboxylic acid groups (broad SMARTS) is 1. The first-order valence-corrected chi connectivity index (χ1v) is 7.95. The van der Waals surface area contributed by atoms with Crippen molar-refractivity contribution in [3.05, 3.63) is 29.8 Å². The molecule has 0 saturated heterocycles. The first-order chi connectivity index (χ1) is 9.97. The molecule has 1 aromatic rings. The van der Waals surface area contributed by atoms with Crippen molar-refractivity contribution >= 4 is 17.7 Å². The smallest absolute Gasteiger partial charge is 0.323 e. The van der Waals surface area contributed by atoms with Gasteiger partial charge in [-0.3, -0.25) is 4.79 Å². The van der Waals surface area contributed by atoms with E-state index in [9.17, 15) is 18.7 Å². The maximum Gasteiger partial charge on any atom is 0.323 e. The van der Waals surface area contributed by atoms with E-state index in [1.165, 1.54) is 23.9 Å². The van der Waals surface area contributed by atoms with Crippen molar-refractivity contribution in [2.45, 2.75) is 48.3 Å². The number of carboxylic acids is 1. The van der Waals surface area contributed by atoms with E-state index < -0.39 is 23.1 Å². The van der Waals surface area contributed by atoms with Crippen molar-refractivity contribution < 1.29 is 18.7 Å². The zero-order valence-corrected chi connectivity index (χ0v) is 12.7. The molecule has 2 unspecified atom stereocenters. The minimum absolute atomic E-state index is 0.0822. The molecule has 116 valence electrons. The van der Waals surface area contributed by atoms with E-state index in [1.54, 1.807) is 0 Å². The van der Waals surface area contributed by atoms with Crippen LogP contribution in [0.2, 0.25) is 0 Å². The highest BCUT2D eigenvalue weighted by Crippen LogP contribution is 2.38. The molecule has 1 aliphatic carbocycles. The first-order valence-electron chi connectivity index (χ1n) is 7.07. The molecule has 0 aromatic heterocycles. The van der Waals surface area contributed by atoms with E-state index >= 15 is 0 Å². The highest BCUT2D eigenvalue weighted by Gasteiger charge is 2.42. The predicted octanol–water partition coefficient (Wildman–Crippen LogP) is 3.43. The molecule has 6 heteroatoms. The largest absolute Gasteiger partial charge is 0.480 e. The number of aliphatic carboxylic acids is 1. The fraction of sp³-hybridized carbons (Fsp3) is 0.533. The zero-order valence-electron chi connectivity index (χ0n) is 11.9. The van der Waals surface area contributed by atoms with Crippen LogP contribution in [0.25, 0.3) is 0 Å². The van der Waals surface area contributed by atoms with E-state index in [0.717, 1.165) is 18.9 Å². The van der Waals surface area contributed by atoms with Crippen molar-refractivity contribution in [2.75, 3.05) is 6.54 Å². The zero-order chi connectivity index (χ0) is 15.5. The number of benzene rings is 1. The van der Waals surface area contributed by atoms with Crippen LogP contribution in [0.5, 0.6) is 0 Å². The number of nitrogens with one attached hydrogen (secondary N) is 1. The molecule has 1 fully saturated rings. The van der Waals surface area contributed by atoms with Gasteiger partial charge in [0.15, 0.2) is 11.6 Å². The van der Waals surface area contributed by atoms with Gasteiger partial charge >= 0.3 is 5.97 Å². The van der Waals surface area contributed by atoms with Gasteiger partial charge in [-0.05, 0) is 50.4 Å². The van der Waals surface area contributed by atoms with Gasteiger partial charge in [0.2, 0.25) is 0 Å². The van der Waals surface area contributed by atoms with Crippen LogP contribution in [0.1, 0.15) is 32.6 Å². The second-order valence-corrected chi connectivity index (χ2v) is 6.70. The summed E-state index contributed by atoms with van der Waals surface area (Å²) in [5.74, 6) is -2.57. The van der Waals surface area contributed by atoms with Gasteiger partial charge < -0.3 is 10.4 Å². The summed E-state index contributed by atoms with van der Waals surface area (Å²) < 4.78 is 26.2. The number of rotatable bonds is 5. The number of hydrogen-bond acceptors (Lipinski definition) is 3. The Balaban J connectivity index is 2.09. The lowest BCUT2D eigenvalue weighted by Crippen LogP contribution is -2.55. The van der Waals surface area contributed by atoms with Gasteiger partial charge in [-0.1, -0.05) is 6.92 Å². The molecule has 2 N–H and O–H groups in total. The second kappa shape index (κ2) is 6.75. The normalized spacial score (nSPS) is 25.8. The van der Waals surface area contributed by atoms with Crippen molar-refractivity contribution in [3.63, 3.8) is 0 Å². The minimum atomic E-state index is -0.900. The van der Waals surface area contributed by atoms with E-state index in [-0.39, 0.29) is 5.25 Å². The standard InChI is InChI=1S/C15H19F2NO2S/c1-2-18-15(14(19)20)7-3-4-11(9-15)21-10-5-6-12(16)13(17)8-10/h5-6,8,11,18H,2-4,7,9H2,1H3,(H,19,20). The predicted molar refractivity (Wildman–Crippen MR) is 78.5 cm³/mol. The Morgan fingerprint density at radius 1 is 1.48 bits per heavy atom. The van der Waals surface area contributed by atoms with Crippen LogP contribution in [0.4, 0.5) is 8.78 Å². The molecule has 0 bridgehead atoms. The third-order valence-corrected chi connectivity index (χ3v) is 5.09. The Labute approximate surface area is 127 Å². The van der Waals surface area contributed by atoms with Gasteiger partial charge in [0.25, 0.3) is 0 Å². The third-order valence-electron chi connectivity index (χ3n) is 3.82. The van der Waals surface area contributed by atoms with Crippen LogP contribution in [0.15, 0.2) is 23.1 Å². The fourth-order valence-corrected chi connectivity index (χ4v) is 4.19. The lowest BCUT2D eigenvalue weighted by molar-refractivity contribution is -0.146. The van der Waals surface area contributed by atoms with Crippen molar-refractivity contribution in [3.8, 4) is 0 Å². The van der Waals surface area contributed by atoms with Gasteiger partial charge in [-0.2, -0.15) is 0 Å². The lowest BCUT2D eigenvalue weighted by atomic mass is 9.81. The highest BCUT2D eigenvalue weighted by molar-refractivity contribution is 8.00. The summed E-state index contributed by atoms with van der Waals surface area (Å²) in [4.78, 5) is 12.2. The molecule has 21 heavy (non-hydrogen) atoms. The molecule has 0 spiro atoms. The molecule has 0 aliphatic heterocycles. The Bertz CT molecular complexity index is 522. The summed E-state index contributed by atoms with van der Waals surface area (Å²) in [6, 6.07) is 3.81. The first kappa shape index (κ1) is 16.2. The number of likely N-dealkylation sites (N-methyl/N-ethyl adjacent to an activating group) is 1. The summed E-state index contributed by atoms with van der Waals surface area (Å²) in [5, 5.41) is 12.7. The van der Waals surface area contributed by atoms with Crippen LogP contribution in [0.3, 0.4) is 0 Å². The number of halogens is 2. The van der Waals surface area contributed by atoms with Gasteiger partial charge in [0, 0.05) is 10.1 Å². The molecule has 0 heterocycles. The molecule has 1 aliphatic rings. The molecular formula is C15H19F2NO2S.